The lowest BCUT2D eigenvalue weighted by Crippen LogP contribution is -2.29. The predicted molar refractivity (Wildman–Crippen MR) is 78.8 cm³/mol. The van der Waals surface area contributed by atoms with E-state index in [1.165, 1.54) is 0 Å². The fraction of sp³-hybridized carbons (Fsp3) is 0.500. The van der Waals surface area contributed by atoms with Gasteiger partial charge in [0.25, 0.3) is 0 Å². The zero-order valence-corrected chi connectivity index (χ0v) is 12.5. The fourth-order valence-electron chi connectivity index (χ4n) is 2.86. The number of hydrogen-bond acceptors (Lipinski definition) is 2. The Hall–Kier alpha value is -1.64. The first-order valence-electron chi connectivity index (χ1n) is 6.87. The minimum absolute atomic E-state index is 0.163. The molecule has 2 rings (SSSR count). The lowest BCUT2D eigenvalue weighted by molar-refractivity contribution is 0.166. The van der Waals surface area contributed by atoms with Gasteiger partial charge >= 0.3 is 0 Å². The van der Waals surface area contributed by atoms with E-state index < -0.39 is 0 Å². The third-order valence-corrected chi connectivity index (χ3v) is 3.38. The third kappa shape index (κ3) is 3.03. The quantitative estimate of drug-likeness (QED) is 0.825. The topological polar surface area (TPSA) is 30.7 Å². The second-order valence-electron chi connectivity index (χ2n) is 6.50. The minimum atomic E-state index is 0.163. The van der Waals surface area contributed by atoms with Crippen LogP contribution in [0, 0.1) is 11.3 Å². The molecule has 1 heterocycles. The van der Waals surface area contributed by atoms with Crippen LogP contribution >= 0.6 is 0 Å². The van der Waals surface area contributed by atoms with Crippen molar-refractivity contribution in [3.63, 3.8) is 0 Å². The predicted octanol–water partition coefficient (Wildman–Crippen LogP) is 4.19. The molecule has 0 radical (unpaired) electrons. The van der Waals surface area contributed by atoms with Gasteiger partial charge in [0.1, 0.15) is 5.69 Å². The lowest BCUT2D eigenvalue weighted by atomic mass is 9.80. The van der Waals surface area contributed by atoms with Gasteiger partial charge in [-0.2, -0.15) is 0 Å². The number of nitrogens with zero attached hydrogens (tertiary/aromatic N) is 3. The summed E-state index contributed by atoms with van der Waals surface area (Å²) in [6.45, 7) is 11.2. The molecule has 0 N–H and O–H groups in total. The summed E-state index contributed by atoms with van der Waals surface area (Å²) in [5.41, 5.74) is 2.22. The molecular formula is C16H23N3. The number of hydrogen-bond donors (Lipinski definition) is 0. The highest BCUT2D eigenvalue weighted by atomic mass is 15.4. The van der Waals surface area contributed by atoms with Crippen LogP contribution in [0.1, 0.15) is 40.7 Å². The molecule has 0 amide bonds. The second-order valence-corrected chi connectivity index (χ2v) is 6.50. The fourth-order valence-corrected chi connectivity index (χ4v) is 2.86. The average Bonchev–Trinajstić information content (AvgIpc) is 2.77. The Morgan fingerprint density at radius 1 is 1.05 bits per heavy atom. The van der Waals surface area contributed by atoms with E-state index in [0.717, 1.165) is 11.3 Å². The Bertz CT molecular complexity index is 520. The molecule has 0 fully saturated rings. The van der Waals surface area contributed by atoms with Crippen molar-refractivity contribution in [1.82, 2.24) is 15.0 Å². The van der Waals surface area contributed by atoms with Crippen LogP contribution in [0.15, 0.2) is 36.5 Å². The van der Waals surface area contributed by atoms with Crippen LogP contribution in [0.3, 0.4) is 0 Å². The number of aromatic nitrogens is 3. The van der Waals surface area contributed by atoms with Gasteiger partial charge in [-0.15, -0.1) is 5.10 Å². The molecule has 0 bridgehead atoms. The lowest BCUT2D eigenvalue weighted by Gasteiger charge is -2.33. The summed E-state index contributed by atoms with van der Waals surface area (Å²) in [6.07, 6.45) is 2.06. The van der Waals surface area contributed by atoms with Crippen LogP contribution < -0.4 is 0 Å². The Balaban J connectivity index is 2.35. The van der Waals surface area contributed by atoms with E-state index in [1.807, 2.05) is 22.9 Å². The molecule has 0 spiro atoms. The SMILES string of the molecule is CC(C)C(n1cc(-c2ccccc2)nn1)C(C)(C)C. The van der Waals surface area contributed by atoms with E-state index in [2.05, 4.69) is 63.3 Å². The maximum Gasteiger partial charge on any atom is 0.113 e. The largest absolute Gasteiger partial charge is 0.248 e. The molecule has 1 aromatic carbocycles. The molecule has 102 valence electrons. The molecule has 0 aliphatic heterocycles. The molecular weight excluding hydrogens is 234 g/mol. The summed E-state index contributed by atoms with van der Waals surface area (Å²) in [6, 6.07) is 10.5. The highest BCUT2D eigenvalue weighted by Crippen LogP contribution is 2.36. The van der Waals surface area contributed by atoms with Gasteiger partial charge in [0, 0.05) is 5.56 Å². The van der Waals surface area contributed by atoms with E-state index in [4.69, 9.17) is 0 Å². The van der Waals surface area contributed by atoms with Crippen molar-refractivity contribution in [3.05, 3.63) is 36.5 Å². The summed E-state index contributed by atoms with van der Waals surface area (Å²) in [5.74, 6) is 0.519. The molecule has 0 saturated carbocycles. The molecule has 19 heavy (non-hydrogen) atoms. The Morgan fingerprint density at radius 3 is 2.21 bits per heavy atom. The molecule has 2 aromatic rings. The molecule has 3 heteroatoms. The summed E-state index contributed by atoms with van der Waals surface area (Å²) in [5, 5.41) is 8.66. The Labute approximate surface area is 115 Å². The van der Waals surface area contributed by atoms with E-state index >= 15 is 0 Å². The van der Waals surface area contributed by atoms with Gasteiger partial charge < -0.3 is 0 Å². The van der Waals surface area contributed by atoms with Gasteiger partial charge in [-0.3, -0.25) is 0 Å². The highest BCUT2D eigenvalue weighted by molar-refractivity contribution is 5.57. The number of benzene rings is 1. The highest BCUT2D eigenvalue weighted by Gasteiger charge is 2.30. The average molecular weight is 257 g/mol. The maximum absolute atomic E-state index is 4.35. The van der Waals surface area contributed by atoms with E-state index in [9.17, 15) is 0 Å². The molecule has 1 unspecified atom stereocenters. The van der Waals surface area contributed by atoms with Gasteiger partial charge in [0.2, 0.25) is 0 Å². The van der Waals surface area contributed by atoms with Crippen molar-refractivity contribution >= 4 is 0 Å². The first-order chi connectivity index (χ1) is 8.89. The van der Waals surface area contributed by atoms with Crippen molar-refractivity contribution in [2.24, 2.45) is 11.3 Å². The summed E-state index contributed by atoms with van der Waals surface area (Å²) in [4.78, 5) is 0. The van der Waals surface area contributed by atoms with E-state index in [1.54, 1.807) is 0 Å². The Kier molecular flexibility index (Phi) is 3.74. The van der Waals surface area contributed by atoms with Crippen molar-refractivity contribution in [1.29, 1.82) is 0 Å². The second kappa shape index (κ2) is 5.16. The summed E-state index contributed by atoms with van der Waals surface area (Å²) in [7, 11) is 0. The van der Waals surface area contributed by atoms with E-state index in [-0.39, 0.29) is 5.41 Å². The van der Waals surface area contributed by atoms with Crippen LogP contribution in [0.5, 0.6) is 0 Å². The van der Waals surface area contributed by atoms with Gasteiger partial charge in [-0.1, -0.05) is 70.2 Å². The van der Waals surface area contributed by atoms with Crippen molar-refractivity contribution in [2.75, 3.05) is 0 Å². The van der Waals surface area contributed by atoms with Crippen LogP contribution in [0.4, 0.5) is 0 Å². The van der Waals surface area contributed by atoms with Crippen LogP contribution in [-0.2, 0) is 0 Å². The van der Waals surface area contributed by atoms with Crippen molar-refractivity contribution < 1.29 is 0 Å². The smallest absolute Gasteiger partial charge is 0.113 e. The molecule has 1 atom stereocenters. The Morgan fingerprint density at radius 2 is 1.68 bits per heavy atom. The van der Waals surface area contributed by atoms with E-state index in [0.29, 0.717) is 12.0 Å². The summed E-state index contributed by atoms with van der Waals surface area (Å²) < 4.78 is 2.02. The summed E-state index contributed by atoms with van der Waals surface area (Å²) >= 11 is 0. The molecule has 1 aromatic heterocycles. The van der Waals surface area contributed by atoms with Gasteiger partial charge in [-0.25, -0.2) is 4.68 Å². The molecule has 0 aliphatic rings. The van der Waals surface area contributed by atoms with Gasteiger partial charge in [-0.05, 0) is 11.3 Å². The molecule has 0 saturated heterocycles. The van der Waals surface area contributed by atoms with Crippen LogP contribution in [0.25, 0.3) is 11.3 Å². The first-order valence-corrected chi connectivity index (χ1v) is 6.87. The first kappa shape index (κ1) is 13.8. The van der Waals surface area contributed by atoms with Crippen LogP contribution in [-0.4, -0.2) is 15.0 Å². The minimum Gasteiger partial charge on any atom is -0.248 e. The molecule has 3 nitrogen and oxygen atoms in total. The zero-order chi connectivity index (χ0) is 14.0. The number of rotatable bonds is 3. The van der Waals surface area contributed by atoms with Crippen molar-refractivity contribution in [3.8, 4) is 11.3 Å². The normalized spacial score (nSPS) is 13.8. The standard InChI is InChI=1S/C16H23N3/c1-12(2)15(16(3,4)5)19-11-14(17-18-19)13-9-7-6-8-10-13/h6-12,15H,1-5H3. The third-order valence-electron chi connectivity index (χ3n) is 3.38. The van der Waals surface area contributed by atoms with Gasteiger partial charge in [0.05, 0.1) is 12.2 Å². The molecule has 0 aliphatic carbocycles. The van der Waals surface area contributed by atoms with Crippen LogP contribution in [0.2, 0.25) is 0 Å². The zero-order valence-electron chi connectivity index (χ0n) is 12.5. The maximum atomic E-state index is 4.35. The van der Waals surface area contributed by atoms with Crippen molar-refractivity contribution in [2.45, 2.75) is 40.7 Å². The van der Waals surface area contributed by atoms with Gasteiger partial charge in [0.15, 0.2) is 0 Å². The monoisotopic (exact) mass is 257 g/mol.